The molecule has 0 fully saturated rings. The summed E-state index contributed by atoms with van der Waals surface area (Å²) >= 11 is 0. The third-order valence-corrected chi connectivity index (χ3v) is 2.96. The lowest BCUT2D eigenvalue weighted by molar-refractivity contribution is -0.385. The minimum absolute atomic E-state index is 0.0669. The summed E-state index contributed by atoms with van der Waals surface area (Å²) in [4.78, 5) is 18.3. The highest BCUT2D eigenvalue weighted by Crippen LogP contribution is 2.20. The van der Waals surface area contributed by atoms with E-state index in [1.165, 1.54) is 12.4 Å². The molecule has 0 amide bonds. The third kappa shape index (κ3) is 3.73. The molecule has 18 heavy (non-hydrogen) atoms. The molecule has 1 aromatic heterocycles. The standard InChI is InChI=1S/C12H20N4O2/c1-4-6-13-9(3)11(5-2)12-14-7-10(8-15-12)16(17)18/h7-9,11,13H,4-6H2,1-3H3. The highest BCUT2D eigenvalue weighted by molar-refractivity contribution is 5.21. The number of rotatable bonds is 7. The van der Waals surface area contributed by atoms with Gasteiger partial charge in [0.25, 0.3) is 0 Å². The molecule has 0 aliphatic carbocycles. The zero-order chi connectivity index (χ0) is 13.5. The average molecular weight is 252 g/mol. The highest BCUT2D eigenvalue weighted by Gasteiger charge is 2.20. The second-order valence-corrected chi connectivity index (χ2v) is 4.31. The molecular formula is C12H20N4O2. The maximum atomic E-state index is 10.5. The van der Waals surface area contributed by atoms with E-state index in [-0.39, 0.29) is 17.6 Å². The smallest absolute Gasteiger partial charge is 0.305 e. The van der Waals surface area contributed by atoms with E-state index in [0.29, 0.717) is 5.82 Å². The van der Waals surface area contributed by atoms with Crippen LogP contribution in [-0.4, -0.2) is 27.5 Å². The Morgan fingerprint density at radius 3 is 2.44 bits per heavy atom. The largest absolute Gasteiger partial charge is 0.314 e. The minimum atomic E-state index is -0.483. The first-order valence-corrected chi connectivity index (χ1v) is 6.29. The molecule has 6 nitrogen and oxygen atoms in total. The lowest BCUT2D eigenvalue weighted by Crippen LogP contribution is -2.33. The van der Waals surface area contributed by atoms with Gasteiger partial charge in [0.2, 0.25) is 0 Å². The minimum Gasteiger partial charge on any atom is -0.314 e. The molecule has 1 rings (SSSR count). The first-order chi connectivity index (χ1) is 8.60. The van der Waals surface area contributed by atoms with Gasteiger partial charge in [0.05, 0.1) is 4.92 Å². The van der Waals surface area contributed by atoms with Crippen molar-refractivity contribution in [3.63, 3.8) is 0 Å². The van der Waals surface area contributed by atoms with Gasteiger partial charge in [-0.2, -0.15) is 0 Å². The highest BCUT2D eigenvalue weighted by atomic mass is 16.6. The summed E-state index contributed by atoms with van der Waals surface area (Å²) in [6.45, 7) is 7.22. The van der Waals surface area contributed by atoms with Crippen molar-refractivity contribution < 1.29 is 4.92 Å². The zero-order valence-corrected chi connectivity index (χ0v) is 11.1. The second kappa shape index (κ2) is 7.00. The van der Waals surface area contributed by atoms with Crippen LogP contribution >= 0.6 is 0 Å². The van der Waals surface area contributed by atoms with Crippen molar-refractivity contribution in [3.8, 4) is 0 Å². The van der Waals surface area contributed by atoms with Gasteiger partial charge in [-0.25, -0.2) is 9.97 Å². The molecule has 1 N–H and O–H groups in total. The first-order valence-electron chi connectivity index (χ1n) is 6.29. The normalized spacial score (nSPS) is 14.2. The third-order valence-electron chi connectivity index (χ3n) is 2.96. The Morgan fingerprint density at radius 2 is 2.00 bits per heavy atom. The SMILES string of the molecule is CCCNC(C)C(CC)c1ncc([N+](=O)[O-])cn1. The van der Waals surface area contributed by atoms with E-state index in [9.17, 15) is 10.1 Å². The van der Waals surface area contributed by atoms with Gasteiger partial charge in [-0.15, -0.1) is 0 Å². The van der Waals surface area contributed by atoms with Crippen molar-refractivity contribution in [1.29, 1.82) is 0 Å². The van der Waals surface area contributed by atoms with Gasteiger partial charge in [0, 0.05) is 12.0 Å². The van der Waals surface area contributed by atoms with Crippen LogP contribution in [0.15, 0.2) is 12.4 Å². The molecule has 2 atom stereocenters. The average Bonchev–Trinajstić information content (AvgIpc) is 2.37. The van der Waals surface area contributed by atoms with Crippen molar-refractivity contribution in [2.45, 2.75) is 45.6 Å². The topological polar surface area (TPSA) is 81.0 Å². The Kier molecular flexibility index (Phi) is 5.64. The number of nitro groups is 1. The molecule has 0 bridgehead atoms. The van der Waals surface area contributed by atoms with E-state index >= 15 is 0 Å². The van der Waals surface area contributed by atoms with E-state index in [0.717, 1.165) is 19.4 Å². The van der Waals surface area contributed by atoms with Crippen LogP contribution in [0.25, 0.3) is 0 Å². The number of hydrogen-bond donors (Lipinski definition) is 1. The zero-order valence-electron chi connectivity index (χ0n) is 11.1. The summed E-state index contributed by atoms with van der Waals surface area (Å²) in [7, 11) is 0. The molecule has 0 spiro atoms. The van der Waals surface area contributed by atoms with Gasteiger partial charge in [-0.05, 0) is 26.3 Å². The molecule has 0 aromatic carbocycles. The Balaban J connectivity index is 2.78. The van der Waals surface area contributed by atoms with Crippen LogP contribution in [0.4, 0.5) is 5.69 Å². The summed E-state index contributed by atoms with van der Waals surface area (Å²) in [6.07, 6.45) is 4.52. The van der Waals surface area contributed by atoms with Crippen LogP contribution in [0.1, 0.15) is 45.4 Å². The Bertz CT molecular complexity index is 380. The molecule has 1 heterocycles. The predicted molar refractivity (Wildman–Crippen MR) is 69.5 cm³/mol. The Morgan fingerprint density at radius 1 is 1.39 bits per heavy atom. The molecule has 0 radical (unpaired) electrons. The molecule has 0 aliphatic rings. The van der Waals surface area contributed by atoms with Crippen molar-refractivity contribution in [2.75, 3.05) is 6.54 Å². The van der Waals surface area contributed by atoms with Gasteiger partial charge >= 0.3 is 5.69 Å². The maximum Gasteiger partial charge on any atom is 0.305 e. The van der Waals surface area contributed by atoms with Crippen molar-refractivity contribution >= 4 is 5.69 Å². The molecule has 0 saturated carbocycles. The quantitative estimate of drug-likeness (QED) is 0.594. The fourth-order valence-corrected chi connectivity index (χ4v) is 1.89. The summed E-state index contributed by atoms with van der Waals surface area (Å²) in [6, 6.07) is 0.261. The lowest BCUT2D eigenvalue weighted by atomic mass is 9.97. The van der Waals surface area contributed by atoms with E-state index < -0.39 is 4.92 Å². The van der Waals surface area contributed by atoms with Gasteiger partial charge < -0.3 is 5.32 Å². The number of aromatic nitrogens is 2. The number of hydrogen-bond acceptors (Lipinski definition) is 5. The van der Waals surface area contributed by atoms with Crippen molar-refractivity contribution in [2.24, 2.45) is 0 Å². The van der Waals surface area contributed by atoms with E-state index in [1.807, 2.05) is 0 Å². The van der Waals surface area contributed by atoms with Gasteiger partial charge in [-0.3, -0.25) is 10.1 Å². The molecule has 100 valence electrons. The summed E-state index contributed by atoms with van der Waals surface area (Å²) in [5.41, 5.74) is -0.0669. The van der Waals surface area contributed by atoms with Crippen LogP contribution in [0.5, 0.6) is 0 Å². The first kappa shape index (κ1) is 14.5. The molecule has 0 aliphatic heterocycles. The fraction of sp³-hybridized carbons (Fsp3) is 0.667. The summed E-state index contributed by atoms with van der Waals surface area (Å²) in [5.74, 6) is 0.844. The fourth-order valence-electron chi connectivity index (χ4n) is 1.89. The molecule has 6 heteroatoms. The van der Waals surface area contributed by atoms with Gasteiger partial charge in [0.1, 0.15) is 18.2 Å². The Hall–Kier alpha value is -1.56. The summed E-state index contributed by atoms with van der Waals surface area (Å²) < 4.78 is 0. The molecule has 1 aromatic rings. The molecule has 2 unspecified atom stereocenters. The van der Waals surface area contributed by atoms with E-state index in [4.69, 9.17) is 0 Å². The van der Waals surface area contributed by atoms with Crippen molar-refractivity contribution in [3.05, 3.63) is 28.3 Å². The van der Waals surface area contributed by atoms with Crippen LogP contribution in [0, 0.1) is 10.1 Å². The second-order valence-electron chi connectivity index (χ2n) is 4.31. The lowest BCUT2D eigenvalue weighted by Gasteiger charge is -2.22. The predicted octanol–water partition coefficient (Wildman–Crippen LogP) is 2.27. The van der Waals surface area contributed by atoms with Crippen LogP contribution in [-0.2, 0) is 0 Å². The monoisotopic (exact) mass is 252 g/mol. The van der Waals surface area contributed by atoms with Crippen LogP contribution in [0.3, 0.4) is 0 Å². The summed E-state index contributed by atoms with van der Waals surface area (Å²) in [5, 5.41) is 13.9. The van der Waals surface area contributed by atoms with Crippen LogP contribution in [0.2, 0.25) is 0 Å². The molecular weight excluding hydrogens is 232 g/mol. The number of nitrogens with one attached hydrogen (secondary N) is 1. The van der Waals surface area contributed by atoms with E-state index in [2.05, 4.69) is 36.1 Å². The van der Waals surface area contributed by atoms with Crippen LogP contribution < -0.4 is 5.32 Å². The molecule has 0 saturated heterocycles. The van der Waals surface area contributed by atoms with Gasteiger partial charge in [-0.1, -0.05) is 13.8 Å². The van der Waals surface area contributed by atoms with Crippen molar-refractivity contribution in [1.82, 2.24) is 15.3 Å². The Labute approximate surface area is 107 Å². The maximum absolute atomic E-state index is 10.5. The van der Waals surface area contributed by atoms with Gasteiger partial charge in [0.15, 0.2) is 0 Å². The van der Waals surface area contributed by atoms with E-state index in [1.54, 1.807) is 0 Å². The number of nitrogens with zero attached hydrogens (tertiary/aromatic N) is 3.